The molecule has 0 aromatic carbocycles. The Morgan fingerprint density at radius 2 is 2.31 bits per heavy atom. The molecule has 16 heavy (non-hydrogen) atoms. The Labute approximate surface area is 105 Å². The largest absolute Gasteiger partial charge is 0.313 e. The number of hydrogen-bond acceptors (Lipinski definition) is 2. The van der Waals surface area contributed by atoms with Gasteiger partial charge in [-0.1, -0.05) is 13.3 Å². The smallest absolute Gasteiger partial charge is 0.0201 e. The van der Waals surface area contributed by atoms with Crippen molar-refractivity contribution < 1.29 is 0 Å². The Hall–Kier alpha value is -0.130. The Morgan fingerprint density at radius 1 is 1.44 bits per heavy atom. The van der Waals surface area contributed by atoms with Crippen LogP contribution in [0.15, 0.2) is 0 Å². The van der Waals surface area contributed by atoms with Crippen molar-refractivity contribution in [3.63, 3.8) is 0 Å². The molecule has 2 atom stereocenters. The second kappa shape index (κ2) is 8.96. The summed E-state index contributed by atoms with van der Waals surface area (Å²) >= 11 is 2.17. The van der Waals surface area contributed by atoms with Crippen molar-refractivity contribution in [2.45, 2.75) is 63.7 Å². The van der Waals surface area contributed by atoms with Crippen molar-refractivity contribution in [3.05, 3.63) is 0 Å². The molecule has 0 aromatic rings. The van der Waals surface area contributed by atoms with Crippen LogP contribution in [0.5, 0.6) is 0 Å². The van der Waals surface area contributed by atoms with Gasteiger partial charge in [-0.15, -0.1) is 11.8 Å². The van der Waals surface area contributed by atoms with E-state index in [2.05, 4.69) is 35.8 Å². The Bertz CT molecular complexity index is 223. The molecule has 0 spiro atoms. The number of nitrogens with one attached hydrogen (secondary N) is 1. The van der Waals surface area contributed by atoms with Crippen molar-refractivity contribution in [1.29, 1.82) is 0 Å². The molecule has 0 aliphatic carbocycles. The molecule has 0 amide bonds. The van der Waals surface area contributed by atoms with Crippen molar-refractivity contribution in [2.75, 3.05) is 12.3 Å². The molecule has 92 valence electrons. The first-order valence-electron chi connectivity index (χ1n) is 6.63. The van der Waals surface area contributed by atoms with E-state index in [4.69, 9.17) is 0 Å². The summed E-state index contributed by atoms with van der Waals surface area (Å²) in [4.78, 5) is 0. The van der Waals surface area contributed by atoms with Gasteiger partial charge in [0.15, 0.2) is 0 Å². The van der Waals surface area contributed by atoms with Crippen molar-refractivity contribution in [3.8, 4) is 11.8 Å². The van der Waals surface area contributed by atoms with Crippen LogP contribution in [0.1, 0.15) is 52.4 Å². The third-order valence-corrected chi connectivity index (χ3v) is 4.59. The van der Waals surface area contributed by atoms with E-state index in [0.29, 0.717) is 6.04 Å². The maximum Gasteiger partial charge on any atom is 0.0201 e. The van der Waals surface area contributed by atoms with Crippen LogP contribution >= 0.6 is 11.8 Å². The first kappa shape index (κ1) is 13.9. The Kier molecular flexibility index (Phi) is 7.80. The first-order chi connectivity index (χ1) is 7.88. The normalized spacial score (nSPS) is 22.2. The molecule has 1 N–H and O–H groups in total. The summed E-state index contributed by atoms with van der Waals surface area (Å²) < 4.78 is 0. The second-order valence-corrected chi connectivity index (χ2v) is 5.78. The van der Waals surface area contributed by atoms with Gasteiger partial charge >= 0.3 is 0 Å². The quantitative estimate of drug-likeness (QED) is 0.713. The molecule has 0 bridgehead atoms. The third kappa shape index (κ3) is 5.27. The van der Waals surface area contributed by atoms with Crippen LogP contribution in [-0.4, -0.2) is 23.6 Å². The minimum atomic E-state index is 0.686. The molecule has 1 fully saturated rings. The minimum absolute atomic E-state index is 0.686. The zero-order valence-electron chi connectivity index (χ0n) is 10.7. The van der Waals surface area contributed by atoms with E-state index in [-0.39, 0.29) is 0 Å². The predicted octanol–water partition coefficient (Wildman–Crippen LogP) is 3.44. The maximum absolute atomic E-state index is 3.71. The summed E-state index contributed by atoms with van der Waals surface area (Å²) in [6.07, 6.45) is 7.73. The van der Waals surface area contributed by atoms with E-state index in [1.54, 1.807) is 0 Å². The first-order valence-corrected chi connectivity index (χ1v) is 7.68. The SMILES string of the molecule is CC#CCCC(NCCC)C1CCCCS1. The highest BCUT2D eigenvalue weighted by Crippen LogP contribution is 2.29. The minimum Gasteiger partial charge on any atom is -0.313 e. The van der Waals surface area contributed by atoms with Crippen LogP contribution in [0, 0.1) is 11.8 Å². The van der Waals surface area contributed by atoms with Crippen LogP contribution < -0.4 is 5.32 Å². The molecular weight excluding hydrogens is 214 g/mol. The number of hydrogen-bond donors (Lipinski definition) is 1. The van der Waals surface area contributed by atoms with Gasteiger partial charge in [0.25, 0.3) is 0 Å². The van der Waals surface area contributed by atoms with Crippen LogP contribution in [0.4, 0.5) is 0 Å². The van der Waals surface area contributed by atoms with Gasteiger partial charge in [-0.25, -0.2) is 0 Å². The molecule has 2 unspecified atom stereocenters. The van der Waals surface area contributed by atoms with Gasteiger partial charge in [0.05, 0.1) is 0 Å². The van der Waals surface area contributed by atoms with E-state index < -0.39 is 0 Å². The zero-order chi connectivity index (χ0) is 11.6. The molecule has 2 heteroatoms. The summed E-state index contributed by atoms with van der Waals surface area (Å²) in [6, 6.07) is 0.686. The average molecular weight is 239 g/mol. The Balaban J connectivity index is 2.36. The molecule has 1 aliphatic heterocycles. The summed E-state index contributed by atoms with van der Waals surface area (Å²) in [5.41, 5.74) is 0. The second-order valence-electron chi connectivity index (χ2n) is 4.43. The summed E-state index contributed by atoms with van der Waals surface area (Å²) in [7, 11) is 0. The summed E-state index contributed by atoms with van der Waals surface area (Å²) in [5.74, 6) is 7.55. The van der Waals surface area contributed by atoms with Gasteiger partial charge in [-0.3, -0.25) is 0 Å². The lowest BCUT2D eigenvalue weighted by Crippen LogP contribution is -2.39. The lowest BCUT2D eigenvalue weighted by Gasteiger charge is -2.30. The van der Waals surface area contributed by atoms with Crippen LogP contribution in [-0.2, 0) is 0 Å². The predicted molar refractivity (Wildman–Crippen MR) is 74.9 cm³/mol. The van der Waals surface area contributed by atoms with E-state index in [1.807, 2.05) is 6.92 Å². The van der Waals surface area contributed by atoms with E-state index >= 15 is 0 Å². The van der Waals surface area contributed by atoms with Gasteiger partial charge in [0, 0.05) is 17.7 Å². The maximum atomic E-state index is 3.71. The number of rotatable bonds is 6. The average Bonchev–Trinajstić information content (AvgIpc) is 2.35. The molecular formula is C14H25NS. The van der Waals surface area contributed by atoms with Crippen molar-refractivity contribution >= 4 is 11.8 Å². The molecule has 1 aliphatic rings. The topological polar surface area (TPSA) is 12.0 Å². The van der Waals surface area contributed by atoms with E-state index in [9.17, 15) is 0 Å². The van der Waals surface area contributed by atoms with E-state index in [0.717, 1.165) is 18.2 Å². The highest BCUT2D eigenvalue weighted by molar-refractivity contribution is 8.00. The molecule has 1 heterocycles. The standard InChI is InChI=1S/C14H25NS/c1-3-5-6-9-13(15-11-4-2)14-10-7-8-12-16-14/h13-15H,4,6-12H2,1-2H3. The van der Waals surface area contributed by atoms with Gasteiger partial charge < -0.3 is 5.32 Å². The van der Waals surface area contributed by atoms with Gasteiger partial charge in [-0.2, -0.15) is 11.8 Å². The monoisotopic (exact) mass is 239 g/mol. The fraction of sp³-hybridized carbons (Fsp3) is 0.857. The van der Waals surface area contributed by atoms with Gasteiger partial charge in [0.2, 0.25) is 0 Å². The highest BCUT2D eigenvalue weighted by Gasteiger charge is 2.22. The highest BCUT2D eigenvalue weighted by atomic mass is 32.2. The molecule has 0 aromatic heterocycles. The Morgan fingerprint density at radius 3 is 2.94 bits per heavy atom. The number of thioether (sulfide) groups is 1. The zero-order valence-corrected chi connectivity index (χ0v) is 11.5. The molecule has 1 rings (SSSR count). The molecule has 1 nitrogen and oxygen atoms in total. The fourth-order valence-electron chi connectivity index (χ4n) is 2.18. The van der Waals surface area contributed by atoms with Crippen LogP contribution in [0.3, 0.4) is 0 Å². The van der Waals surface area contributed by atoms with Gasteiger partial charge in [0.1, 0.15) is 0 Å². The lowest BCUT2D eigenvalue weighted by atomic mass is 10.0. The lowest BCUT2D eigenvalue weighted by molar-refractivity contribution is 0.444. The molecule has 0 saturated carbocycles. The van der Waals surface area contributed by atoms with Crippen LogP contribution in [0.2, 0.25) is 0 Å². The van der Waals surface area contributed by atoms with Crippen molar-refractivity contribution in [2.24, 2.45) is 0 Å². The van der Waals surface area contributed by atoms with Gasteiger partial charge in [-0.05, 0) is 44.9 Å². The van der Waals surface area contributed by atoms with Crippen molar-refractivity contribution in [1.82, 2.24) is 5.32 Å². The molecule has 0 radical (unpaired) electrons. The summed E-state index contributed by atoms with van der Waals surface area (Å²) in [5, 5.41) is 4.54. The molecule has 1 saturated heterocycles. The third-order valence-electron chi connectivity index (χ3n) is 3.08. The fourth-order valence-corrected chi connectivity index (χ4v) is 3.66. The van der Waals surface area contributed by atoms with E-state index in [1.165, 1.54) is 37.9 Å². The van der Waals surface area contributed by atoms with Crippen LogP contribution in [0.25, 0.3) is 0 Å². The summed E-state index contributed by atoms with van der Waals surface area (Å²) in [6.45, 7) is 5.33.